The van der Waals surface area contributed by atoms with Gasteiger partial charge in [-0.05, 0) is 30.3 Å². The van der Waals surface area contributed by atoms with E-state index in [1.54, 1.807) is 24.3 Å². The maximum absolute atomic E-state index is 12.2. The summed E-state index contributed by atoms with van der Waals surface area (Å²) in [6.07, 6.45) is 0. The van der Waals surface area contributed by atoms with Crippen molar-refractivity contribution >= 4 is 41.0 Å². The van der Waals surface area contributed by atoms with Crippen LogP contribution in [0.15, 0.2) is 42.5 Å². The largest absolute Gasteiger partial charge is 0.495 e. The minimum atomic E-state index is -0.877. The van der Waals surface area contributed by atoms with Gasteiger partial charge in [0.25, 0.3) is 17.7 Å². The number of rotatable bonds is 6. The molecule has 0 fully saturated rings. The van der Waals surface area contributed by atoms with Crippen molar-refractivity contribution < 1.29 is 28.7 Å². The molecule has 28 heavy (non-hydrogen) atoms. The highest BCUT2D eigenvalue weighted by atomic mass is 35.5. The number of imide groups is 1. The van der Waals surface area contributed by atoms with Crippen LogP contribution in [-0.2, 0) is 14.3 Å². The van der Waals surface area contributed by atoms with Gasteiger partial charge in [-0.15, -0.1) is 0 Å². The quantitative estimate of drug-likeness (QED) is 0.586. The second kappa shape index (κ2) is 8.10. The second-order valence-electron chi connectivity index (χ2n) is 5.80. The first kappa shape index (κ1) is 19.4. The van der Waals surface area contributed by atoms with Crippen LogP contribution in [0.25, 0.3) is 0 Å². The minimum absolute atomic E-state index is 0.231. The zero-order chi connectivity index (χ0) is 20.3. The zero-order valence-corrected chi connectivity index (χ0v) is 15.5. The van der Waals surface area contributed by atoms with Crippen molar-refractivity contribution in [1.29, 1.82) is 0 Å². The average molecular weight is 403 g/mol. The van der Waals surface area contributed by atoms with Gasteiger partial charge in [-0.3, -0.25) is 24.1 Å². The number of hydrogen-bond acceptors (Lipinski definition) is 6. The number of halogens is 1. The predicted octanol–water partition coefficient (Wildman–Crippen LogP) is 2.13. The number of benzene rings is 2. The Morgan fingerprint density at radius 3 is 2.29 bits per heavy atom. The van der Waals surface area contributed by atoms with E-state index in [-0.39, 0.29) is 11.1 Å². The summed E-state index contributed by atoms with van der Waals surface area (Å²) in [7, 11) is 1.47. The highest BCUT2D eigenvalue weighted by molar-refractivity contribution is 6.32. The van der Waals surface area contributed by atoms with Crippen molar-refractivity contribution in [3.05, 3.63) is 58.6 Å². The molecule has 0 radical (unpaired) electrons. The van der Waals surface area contributed by atoms with Crippen LogP contribution in [0.5, 0.6) is 5.75 Å². The standard InChI is InChI=1S/C19H15ClN2O6/c1-27-15-7-6-11(8-14(15)20)21-16(23)10-28-17(24)9-22-18(25)12-4-2-3-5-13(12)19(22)26/h2-8H,9-10H2,1H3,(H,21,23). The van der Waals surface area contributed by atoms with Crippen LogP contribution in [0.1, 0.15) is 20.7 Å². The van der Waals surface area contributed by atoms with Crippen molar-refractivity contribution in [2.45, 2.75) is 0 Å². The van der Waals surface area contributed by atoms with E-state index < -0.39 is 36.8 Å². The number of amides is 3. The minimum Gasteiger partial charge on any atom is -0.495 e. The average Bonchev–Trinajstić information content (AvgIpc) is 2.92. The lowest BCUT2D eigenvalue weighted by molar-refractivity contribution is -0.147. The molecule has 3 rings (SSSR count). The van der Waals surface area contributed by atoms with Crippen molar-refractivity contribution in [2.24, 2.45) is 0 Å². The molecule has 0 saturated heterocycles. The number of hydrogen-bond donors (Lipinski definition) is 1. The molecule has 9 heteroatoms. The second-order valence-corrected chi connectivity index (χ2v) is 6.21. The number of anilines is 1. The van der Waals surface area contributed by atoms with Crippen LogP contribution >= 0.6 is 11.6 Å². The lowest BCUT2D eigenvalue weighted by atomic mass is 10.1. The molecule has 1 aliphatic rings. The maximum Gasteiger partial charge on any atom is 0.326 e. The Bertz CT molecular complexity index is 940. The Hall–Kier alpha value is -3.39. The summed E-state index contributed by atoms with van der Waals surface area (Å²) in [5, 5.41) is 2.82. The summed E-state index contributed by atoms with van der Waals surface area (Å²) < 4.78 is 9.87. The summed E-state index contributed by atoms with van der Waals surface area (Å²) in [6.45, 7) is -1.15. The Kier molecular flexibility index (Phi) is 5.60. The predicted molar refractivity (Wildman–Crippen MR) is 99.4 cm³/mol. The van der Waals surface area contributed by atoms with Crippen LogP contribution in [0.4, 0.5) is 5.69 Å². The topological polar surface area (TPSA) is 102 Å². The smallest absolute Gasteiger partial charge is 0.326 e. The molecule has 0 aromatic heterocycles. The van der Waals surface area contributed by atoms with E-state index in [1.165, 1.54) is 25.3 Å². The normalized spacial score (nSPS) is 12.6. The van der Waals surface area contributed by atoms with Gasteiger partial charge < -0.3 is 14.8 Å². The van der Waals surface area contributed by atoms with E-state index in [4.69, 9.17) is 21.1 Å². The summed E-state index contributed by atoms with van der Waals surface area (Å²) in [4.78, 5) is 49.1. The SMILES string of the molecule is COc1ccc(NC(=O)COC(=O)CN2C(=O)c3ccccc3C2=O)cc1Cl. The summed E-state index contributed by atoms with van der Waals surface area (Å²) >= 11 is 5.97. The summed E-state index contributed by atoms with van der Waals surface area (Å²) in [5.41, 5.74) is 0.857. The molecule has 3 amide bonds. The Morgan fingerprint density at radius 1 is 1.07 bits per heavy atom. The number of fused-ring (bicyclic) bond motifs is 1. The molecule has 2 aromatic carbocycles. The van der Waals surface area contributed by atoms with E-state index in [0.29, 0.717) is 16.5 Å². The van der Waals surface area contributed by atoms with Crippen molar-refractivity contribution in [3.8, 4) is 5.75 Å². The molecule has 2 aromatic rings. The highest BCUT2D eigenvalue weighted by Crippen LogP contribution is 2.27. The van der Waals surface area contributed by atoms with Gasteiger partial charge in [0, 0.05) is 5.69 Å². The monoisotopic (exact) mass is 402 g/mol. The molecule has 1 N–H and O–H groups in total. The highest BCUT2D eigenvalue weighted by Gasteiger charge is 2.36. The number of carbonyl (C=O) groups is 4. The molecule has 0 aliphatic carbocycles. The molecule has 0 saturated carbocycles. The van der Waals surface area contributed by atoms with E-state index in [1.807, 2.05) is 0 Å². The zero-order valence-electron chi connectivity index (χ0n) is 14.7. The molecule has 8 nitrogen and oxygen atoms in total. The third-order valence-electron chi connectivity index (χ3n) is 3.97. The molecule has 144 valence electrons. The third-order valence-corrected chi connectivity index (χ3v) is 4.26. The van der Waals surface area contributed by atoms with Crippen molar-refractivity contribution in [1.82, 2.24) is 4.90 Å². The molecule has 1 heterocycles. The Balaban J connectivity index is 1.52. The van der Waals surface area contributed by atoms with Gasteiger partial charge in [-0.25, -0.2) is 0 Å². The van der Waals surface area contributed by atoms with Crippen LogP contribution in [0, 0.1) is 0 Å². The van der Waals surface area contributed by atoms with Crippen LogP contribution in [0.2, 0.25) is 5.02 Å². The van der Waals surface area contributed by atoms with E-state index in [0.717, 1.165) is 4.90 Å². The summed E-state index contributed by atoms with van der Waals surface area (Å²) in [5.74, 6) is -2.17. The van der Waals surface area contributed by atoms with Gasteiger partial charge in [0.2, 0.25) is 0 Å². The van der Waals surface area contributed by atoms with E-state index >= 15 is 0 Å². The number of nitrogens with one attached hydrogen (secondary N) is 1. The van der Waals surface area contributed by atoms with Crippen LogP contribution in [0.3, 0.4) is 0 Å². The van der Waals surface area contributed by atoms with E-state index in [2.05, 4.69) is 5.32 Å². The van der Waals surface area contributed by atoms with Crippen LogP contribution < -0.4 is 10.1 Å². The fraction of sp³-hybridized carbons (Fsp3) is 0.158. The van der Waals surface area contributed by atoms with E-state index in [9.17, 15) is 19.2 Å². The first-order valence-electron chi connectivity index (χ1n) is 8.15. The molecule has 0 unspecified atom stereocenters. The number of esters is 1. The number of nitrogens with zero attached hydrogens (tertiary/aromatic N) is 1. The van der Waals surface area contributed by atoms with Gasteiger partial charge in [0.05, 0.1) is 23.3 Å². The number of ether oxygens (including phenoxy) is 2. The fourth-order valence-corrected chi connectivity index (χ4v) is 2.90. The fourth-order valence-electron chi connectivity index (χ4n) is 2.64. The maximum atomic E-state index is 12.2. The Morgan fingerprint density at radius 2 is 1.71 bits per heavy atom. The van der Waals surface area contributed by atoms with Gasteiger partial charge in [0.1, 0.15) is 12.3 Å². The summed E-state index contributed by atoms with van der Waals surface area (Å²) in [6, 6.07) is 10.9. The van der Waals surface area contributed by atoms with Gasteiger partial charge in [0.15, 0.2) is 6.61 Å². The first-order chi connectivity index (χ1) is 13.4. The molecule has 0 atom stereocenters. The molecular formula is C19H15ClN2O6. The van der Waals surface area contributed by atoms with Crippen molar-refractivity contribution in [3.63, 3.8) is 0 Å². The Labute approximate surface area is 165 Å². The van der Waals surface area contributed by atoms with Gasteiger partial charge >= 0.3 is 5.97 Å². The third kappa shape index (κ3) is 3.96. The van der Waals surface area contributed by atoms with Gasteiger partial charge in [-0.2, -0.15) is 0 Å². The van der Waals surface area contributed by atoms with Crippen molar-refractivity contribution in [2.75, 3.05) is 25.6 Å². The number of methoxy groups -OCH3 is 1. The number of carbonyl (C=O) groups excluding carboxylic acids is 4. The molecule has 0 bridgehead atoms. The molecular weight excluding hydrogens is 388 g/mol. The molecule has 0 spiro atoms. The first-order valence-corrected chi connectivity index (χ1v) is 8.52. The lowest BCUT2D eigenvalue weighted by Gasteiger charge is -2.13. The van der Waals surface area contributed by atoms with Gasteiger partial charge in [-0.1, -0.05) is 23.7 Å². The van der Waals surface area contributed by atoms with Crippen LogP contribution in [-0.4, -0.2) is 48.9 Å². The lowest BCUT2D eigenvalue weighted by Crippen LogP contribution is -2.36. The molecule has 1 aliphatic heterocycles.